The molecule has 1 saturated heterocycles. The van der Waals surface area contributed by atoms with E-state index in [1.807, 2.05) is 34.5 Å². The third-order valence-electron chi connectivity index (χ3n) is 5.58. The van der Waals surface area contributed by atoms with Gasteiger partial charge in [-0.3, -0.25) is 18.9 Å². The van der Waals surface area contributed by atoms with Crippen molar-refractivity contribution < 1.29 is 13.9 Å². The Labute approximate surface area is 182 Å². The van der Waals surface area contributed by atoms with Crippen molar-refractivity contribution in [1.29, 1.82) is 0 Å². The zero-order chi connectivity index (χ0) is 21.4. The summed E-state index contributed by atoms with van der Waals surface area (Å²) in [4.78, 5) is 34.7. The maximum absolute atomic E-state index is 13.2. The molecular weight excluding hydrogens is 416 g/mol. The van der Waals surface area contributed by atoms with Crippen LogP contribution in [0, 0.1) is 0 Å². The number of hydrogen-bond donors (Lipinski definition) is 0. The quantitative estimate of drug-likeness (QED) is 0.477. The molecule has 5 rings (SSSR count). The number of rotatable bonds is 5. The Balaban J connectivity index is 1.29. The van der Waals surface area contributed by atoms with E-state index < -0.39 is 0 Å². The maximum Gasteiger partial charge on any atom is 0.290 e. The number of piperazine rings is 1. The van der Waals surface area contributed by atoms with E-state index in [9.17, 15) is 9.59 Å². The molecule has 1 aromatic carbocycles. The molecule has 4 heterocycles. The number of hydrogen-bond acceptors (Lipinski definition) is 7. The van der Waals surface area contributed by atoms with Crippen molar-refractivity contribution in [1.82, 2.24) is 19.2 Å². The molecule has 1 amide bonds. The van der Waals surface area contributed by atoms with Gasteiger partial charge in [0.05, 0.1) is 12.3 Å². The van der Waals surface area contributed by atoms with Crippen LogP contribution in [-0.4, -0.2) is 58.4 Å². The molecule has 8 nitrogen and oxygen atoms in total. The second-order valence-electron chi connectivity index (χ2n) is 7.55. The van der Waals surface area contributed by atoms with Crippen molar-refractivity contribution in [2.45, 2.75) is 13.2 Å². The van der Waals surface area contributed by atoms with Gasteiger partial charge in [0.2, 0.25) is 0 Å². The molecular formula is C22H22N4O4S. The van der Waals surface area contributed by atoms with Crippen molar-refractivity contribution in [3.8, 4) is 0 Å². The van der Waals surface area contributed by atoms with Gasteiger partial charge in [0, 0.05) is 68.4 Å². The lowest BCUT2D eigenvalue weighted by Gasteiger charge is -2.34. The topological polar surface area (TPSA) is 80.3 Å². The molecule has 0 N–H and O–H groups in total. The molecule has 0 bridgehead atoms. The average molecular weight is 439 g/mol. The molecule has 0 unspecified atom stereocenters. The van der Waals surface area contributed by atoms with E-state index in [-0.39, 0.29) is 11.5 Å². The minimum Gasteiger partial charge on any atom is -0.451 e. The average Bonchev–Trinajstić information content (AvgIpc) is 3.40. The van der Waals surface area contributed by atoms with Crippen LogP contribution >= 0.6 is 11.3 Å². The second kappa shape index (κ2) is 8.26. The number of carbonyl (C=O) groups excluding carboxylic acids is 1. The molecule has 0 atom stereocenters. The fraction of sp³-hybridized carbons (Fsp3) is 0.318. The molecule has 9 heteroatoms. The van der Waals surface area contributed by atoms with E-state index in [2.05, 4.69) is 9.88 Å². The molecule has 31 heavy (non-hydrogen) atoms. The standard InChI is InChI=1S/C22H22N4O4S/c1-29-14-17-16-4-2-3-5-18(16)30-20(17)21(28)25-8-6-24(7-9-25)13-15-12-19(27)26-10-11-31-22(26)23-15/h2-5,10-12H,6-9,13-14H2,1H3. The Morgan fingerprint density at radius 2 is 2.03 bits per heavy atom. The van der Waals surface area contributed by atoms with Gasteiger partial charge < -0.3 is 14.1 Å². The van der Waals surface area contributed by atoms with Gasteiger partial charge in [-0.25, -0.2) is 4.98 Å². The Bertz CT molecular complexity index is 1300. The van der Waals surface area contributed by atoms with Crippen molar-refractivity contribution in [3.05, 3.63) is 69.3 Å². The van der Waals surface area contributed by atoms with Gasteiger partial charge in [-0.2, -0.15) is 0 Å². The van der Waals surface area contributed by atoms with Crippen LogP contribution in [0.1, 0.15) is 21.8 Å². The number of thiazole rings is 1. The smallest absolute Gasteiger partial charge is 0.290 e. The summed E-state index contributed by atoms with van der Waals surface area (Å²) in [5.41, 5.74) is 2.18. The van der Waals surface area contributed by atoms with Gasteiger partial charge in [-0.05, 0) is 6.07 Å². The maximum atomic E-state index is 13.2. The van der Waals surface area contributed by atoms with E-state index in [1.165, 1.54) is 11.3 Å². The minimum atomic E-state index is -0.112. The van der Waals surface area contributed by atoms with E-state index in [4.69, 9.17) is 9.15 Å². The first-order chi connectivity index (χ1) is 15.1. The van der Waals surface area contributed by atoms with Crippen LogP contribution in [0.3, 0.4) is 0 Å². The van der Waals surface area contributed by atoms with Crippen LogP contribution in [0.2, 0.25) is 0 Å². The first-order valence-corrected chi connectivity index (χ1v) is 11.0. The fourth-order valence-corrected chi connectivity index (χ4v) is 4.75. The van der Waals surface area contributed by atoms with Crippen LogP contribution in [-0.2, 0) is 17.9 Å². The third kappa shape index (κ3) is 3.76. The molecule has 1 aliphatic rings. The fourth-order valence-electron chi connectivity index (χ4n) is 4.01. The summed E-state index contributed by atoms with van der Waals surface area (Å²) < 4.78 is 12.8. The number of aromatic nitrogens is 2. The summed E-state index contributed by atoms with van der Waals surface area (Å²) in [7, 11) is 1.61. The Morgan fingerprint density at radius 1 is 1.23 bits per heavy atom. The monoisotopic (exact) mass is 438 g/mol. The Hall–Kier alpha value is -3.01. The molecule has 160 valence electrons. The largest absolute Gasteiger partial charge is 0.451 e. The summed E-state index contributed by atoms with van der Waals surface area (Å²) in [6, 6.07) is 9.22. The minimum absolute atomic E-state index is 0.0642. The first-order valence-electron chi connectivity index (χ1n) is 10.1. The highest BCUT2D eigenvalue weighted by Gasteiger charge is 2.28. The molecule has 0 spiro atoms. The number of fused-ring (bicyclic) bond motifs is 2. The van der Waals surface area contributed by atoms with Crippen LogP contribution in [0.4, 0.5) is 0 Å². The number of nitrogens with zero attached hydrogens (tertiary/aromatic N) is 4. The molecule has 0 saturated carbocycles. The first kappa shape index (κ1) is 19.9. The predicted molar refractivity (Wildman–Crippen MR) is 117 cm³/mol. The lowest BCUT2D eigenvalue weighted by atomic mass is 10.1. The summed E-state index contributed by atoms with van der Waals surface area (Å²) in [5, 5.41) is 2.76. The highest BCUT2D eigenvalue weighted by molar-refractivity contribution is 7.15. The number of amides is 1. The molecule has 1 aliphatic heterocycles. The lowest BCUT2D eigenvalue weighted by molar-refractivity contribution is 0.0593. The van der Waals surface area contributed by atoms with E-state index in [1.54, 1.807) is 23.8 Å². The summed E-state index contributed by atoms with van der Waals surface area (Å²) in [5.74, 6) is 0.244. The van der Waals surface area contributed by atoms with Crippen molar-refractivity contribution in [2.24, 2.45) is 0 Å². The summed E-state index contributed by atoms with van der Waals surface area (Å²) in [6.45, 7) is 3.49. The van der Waals surface area contributed by atoms with Crippen LogP contribution in [0.25, 0.3) is 15.9 Å². The number of benzene rings is 1. The number of furan rings is 1. The highest BCUT2D eigenvalue weighted by Crippen LogP contribution is 2.28. The molecule has 0 radical (unpaired) electrons. The Kier molecular flexibility index (Phi) is 5.31. The van der Waals surface area contributed by atoms with Crippen LogP contribution in [0.5, 0.6) is 0 Å². The van der Waals surface area contributed by atoms with Gasteiger partial charge in [0.1, 0.15) is 5.58 Å². The summed E-state index contributed by atoms with van der Waals surface area (Å²) >= 11 is 1.45. The van der Waals surface area contributed by atoms with E-state index in [0.29, 0.717) is 55.6 Å². The third-order valence-corrected chi connectivity index (χ3v) is 6.34. The number of para-hydroxylation sites is 1. The van der Waals surface area contributed by atoms with Crippen molar-refractivity contribution >= 4 is 33.2 Å². The lowest BCUT2D eigenvalue weighted by Crippen LogP contribution is -2.48. The van der Waals surface area contributed by atoms with Crippen molar-refractivity contribution in [3.63, 3.8) is 0 Å². The number of methoxy groups -OCH3 is 1. The number of carbonyl (C=O) groups is 1. The molecule has 1 fully saturated rings. The summed E-state index contributed by atoms with van der Waals surface area (Å²) in [6.07, 6.45) is 1.74. The molecule has 4 aromatic rings. The van der Waals surface area contributed by atoms with Crippen molar-refractivity contribution in [2.75, 3.05) is 33.3 Å². The number of ether oxygens (including phenoxy) is 1. The van der Waals surface area contributed by atoms with Gasteiger partial charge in [0.25, 0.3) is 11.5 Å². The van der Waals surface area contributed by atoms with Crippen LogP contribution in [0.15, 0.2) is 51.1 Å². The van der Waals surface area contributed by atoms with Crippen LogP contribution < -0.4 is 5.56 Å². The highest BCUT2D eigenvalue weighted by atomic mass is 32.1. The van der Waals surface area contributed by atoms with E-state index in [0.717, 1.165) is 16.6 Å². The van der Waals surface area contributed by atoms with Gasteiger partial charge in [0.15, 0.2) is 10.7 Å². The second-order valence-corrected chi connectivity index (χ2v) is 8.42. The SMILES string of the molecule is COCc1c(C(=O)N2CCN(Cc3cc(=O)n4ccsc4n3)CC2)oc2ccccc12. The van der Waals surface area contributed by atoms with Gasteiger partial charge in [-0.1, -0.05) is 18.2 Å². The molecule has 3 aromatic heterocycles. The van der Waals surface area contributed by atoms with Gasteiger partial charge >= 0.3 is 0 Å². The zero-order valence-corrected chi connectivity index (χ0v) is 17.9. The van der Waals surface area contributed by atoms with Gasteiger partial charge in [-0.15, -0.1) is 11.3 Å². The van der Waals surface area contributed by atoms with E-state index >= 15 is 0 Å². The molecule has 0 aliphatic carbocycles. The normalized spacial score (nSPS) is 15.2. The predicted octanol–water partition coefficient (Wildman–Crippen LogP) is 2.61. The zero-order valence-electron chi connectivity index (χ0n) is 17.1. The Morgan fingerprint density at radius 3 is 2.84 bits per heavy atom.